The molecule has 0 bridgehead atoms. The Morgan fingerprint density at radius 2 is 1.71 bits per heavy atom. The van der Waals surface area contributed by atoms with Gasteiger partial charge in [0, 0.05) is 11.5 Å². The first-order valence-electron chi connectivity index (χ1n) is 7.15. The van der Waals surface area contributed by atoms with Crippen molar-refractivity contribution >= 4 is 9.84 Å². The summed E-state index contributed by atoms with van der Waals surface area (Å²) >= 11 is 0. The van der Waals surface area contributed by atoms with Gasteiger partial charge in [0.1, 0.15) is 0 Å². The van der Waals surface area contributed by atoms with Crippen LogP contribution in [0.15, 0.2) is 59.5 Å². The molecule has 2 N–H and O–H groups in total. The smallest absolute Gasteiger partial charge is 0.179 e. The average molecular weight is 301 g/mol. The van der Waals surface area contributed by atoms with Crippen molar-refractivity contribution in [2.45, 2.75) is 29.7 Å². The number of hydrogen-bond donors (Lipinski definition) is 1. The van der Waals surface area contributed by atoms with E-state index in [1.165, 1.54) is 0 Å². The minimum atomic E-state index is -3.24. The first-order chi connectivity index (χ1) is 9.99. The summed E-state index contributed by atoms with van der Waals surface area (Å²) in [7, 11) is -3.24. The molecule has 0 amide bonds. The molecule has 21 heavy (non-hydrogen) atoms. The van der Waals surface area contributed by atoms with Crippen molar-refractivity contribution in [1.82, 2.24) is 0 Å². The average Bonchev–Trinajstić information content (AvgIpc) is 2.80. The van der Waals surface area contributed by atoms with Crippen LogP contribution in [0.1, 0.15) is 30.4 Å². The molecule has 4 heteroatoms. The van der Waals surface area contributed by atoms with Gasteiger partial charge in [0.05, 0.1) is 10.6 Å². The summed E-state index contributed by atoms with van der Waals surface area (Å²) in [6.07, 6.45) is 0.686. The largest absolute Gasteiger partial charge is 0.321 e. The van der Waals surface area contributed by atoms with E-state index in [1.54, 1.807) is 12.1 Å². The molecule has 0 saturated heterocycles. The number of rotatable bonds is 3. The summed E-state index contributed by atoms with van der Waals surface area (Å²) < 4.78 is 24.8. The first kappa shape index (κ1) is 14.3. The van der Waals surface area contributed by atoms with Crippen LogP contribution in [0.2, 0.25) is 0 Å². The Hall–Kier alpha value is -1.65. The van der Waals surface area contributed by atoms with Gasteiger partial charge in [0.25, 0.3) is 0 Å². The topological polar surface area (TPSA) is 60.2 Å². The fourth-order valence-electron chi connectivity index (χ4n) is 3.28. The molecule has 0 radical (unpaired) electrons. The van der Waals surface area contributed by atoms with Crippen LogP contribution in [0.5, 0.6) is 0 Å². The van der Waals surface area contributed by atoms with Crippen molar-refractivity contribution in [2.24, 2.45) is 5.73 Å². The SMILES string of the molecule is CCC(N)(c1ccccc1)C1CS(=O)(=O)c2ccccc21. The second kappa shape index (κ2) is 4.97. The molecule has 110 valence electrons. The number of benzene rings is 2. The van der Waals surface area contributed by atoms with Crippen LogP contribution in [0.25, 0.3) is 0 Å². The van der Waals surface area contributed by atoms with Gasteiger partial charge in [-0.2, -0.15) is 0 Å². The highest BCUT2D eigenvalue weighted by atomic mass is 32.2. The molecule has 0 aliphatic carbocycles. The molecule has 1 aliphatic heterocycles. The van der Waals surface area contributed by atoms with Crippen LogP contribution in [0, 0.1) is 0 Å². The zero-order chi connectivity index (χ0) is 15.1. The van der Waals surface area contributed by atoms with Gasteiger partial charge in [0.15, 0.2) is 9.84 Å². The van der Waals surface area contributed by atoms with Crippen molar-refractivity contribution in [3.05, 3.63) is 65.7 Å². The van der Waals surface area contributed by atoms with Gasteiger partial charge in [-0.3, -0.25) is 0 Å². The third-order valence-corrected chi connectivity index (χ3v) is 6.35. The monoisotopic (exact) mass is 301 g/mol. The summed E-state index contributed by atoms with van der Waals surface area (Å²) in [6, 6.07) is 17.0. The van der Waals surface area contributed by atoms with E-state index in [-0.39, 0.29) is 11.7 Å². The number of sulfone groups is 1. The molecule has 2 unspecified atom stereocenters. The summed E-state index contributed by atoms with van der Waals surface area (Å²) in [4.78, 5) is 0.439. The van der Waals surface area contributed by atoms with E-state index in [1.807, 2.05) is 49.4 Å². The van der Waals surface area contributed by atoms with Gasteiger partial charge in [-0.25, -0.2) is 8.42 Å². The van der Waals surface area contributed by atoms with Crippen molar-refractivity contribution in [1.29, 1.82) is 0 Å². The van der Waals surface area contributed by atoms with Crippen molar-refractivity contribution in [2.75, 3.05) is 5.75 Å². The van der Waals surface area contributed by atoms with Gasteiger partial charge in [0.2, 0.25) is 0 Å². The lowest BCUT2D eigenvalue weighted by Gasteiger charge is -2.35. The second-order valence-corrected chi connectivity index (χ2v) is 7.63. The highest BCUT2D eigenvalue weighted by Crippen LogP contribution is 2.45. The van der Waals surface area contributed by atoms with E-state index in [4.69, 9.17) is 5.73 Å². The maximum absolute atomic E-state index is 12.4. The summed E-state index contributed by atoms with van der Waals surface area (Å²) in [5.74, 6) is -0.114. The summed E-state index contributed by atoms with van der Waals surface area (Å²) in [6.45, 7) is 2.01. The molecule has 0 spiro atoms. The fourth-order valence-corrected chi connectivity index (χ4v) is 5.23. The Balaban J connectivity index is 2.16. The molecule has 2 aromatic carbocycles. The predicted octanol–water partition coefficient (Wildman–Crippen LogP) is 2.82. The molecule has 1 heterocycles. The Labute approximate surface area is 125 Å². The van der Waals surface area contributed by atoms with Gasteiger partial charge < -0.3 is 5.73 Å². The van der Waals surface area contributed by atoms with E-state index in [9.17, 15) is 8.42 Å². The third-order valence-electron chi connectivity index (χ3n) is 4.53. The Kier molecular flexibility index (Phi) is 3.38. The van der Waals surface area contributed by atoms with Crippen LogP contribution >= 0.6 is 0 Å². The highest BCUT2D eigenvalue weighted by molar-refractivity contribution is 7.91. The van der Waals surface area contributed by atoms with Crippen LogP contribution in [0.3, 0.4) is 0 Å². The minimum Gasteiger partial charge on any atom is -0.321 e. The molecule has 0 aromatic heterocycles. The maximum atomic E-state index is 12.4. The zero-order valence-electron chi connectivity index (χ0n) is 12.0. The van der Waals surface area contributed by atoms with Crippen molar-refractivity contribution in [3.63, 3.8) is 0 Å². The lowest BCUT2D eigenvalue weighted by molar-refractivity contribution is 0.362. The van der Waals surface area contributed by atoms with E-state index in [0.717, 1.165) is 11.1 Å². The molecule has 0 fully saturated rings. The van der Waals surface area contributed by atoms with E-state index in [2.05, 4.69) is 0 Å². The number of nitrogens with two attached hydrogens (primary N) is 1. The highest BCUT2D eigenvalue weighted by Gasteiger charge is 2.45. The van der Waals surface area contributed by atoms with E-state index >= 15 is 0 Å². The first-order valence-corrected chi connectivity index (χ1v) is 8.80. The molecule has 3 rings (SSSR count). The summed E-state index contributed by atoms with van der Waals surface area (Å²) in [5, 5.41) is 0. The van der Waals surface area contributed by atoms with E-state index in [0.29, 0.717) is 11.3 Å². The quantitative estimate of drug-likeness (QED) is 0.948. The molecule has 2 atom stereocenters. The van der Waals surface area contributed by atoms with Crippen molar-refractivity contribution in [3.8, 4) is 0 Å². The van der Waals surface area contributed by atoms with Gasteiger partial charge >= 0.3 is 0 Å². The number of fused-ring (bicyclic) bond motifs is 1. The predicted molar refractivity (Wildman–Crippen MR) is 83.8 cm³/mol. The fraction of sp³-hybridized carbons (Fsp3) is 0.294. The maximum Gasteiger partial charge on any atom is 0.179 e. The lowest BCUT2D eigenvalue weighted by atomic mass is 9.74. The third kappa shape index (κ3) is 2.19. The Morgan fingerprint density at radius 3 is 2.38 bits per heavy atom. The molecular formula is C17H19NO2S. The van der Waals surface area contributed by atoms with Crippen molar-refractivity contribution < 1.29 is 8.42 Å². The molecular weight excluding hydrogens is 282 g/mol. The lowest BCUT2D eigenvalue weighted by Crippen LogP contribution is -2.43. The van der Waals surface area contributed by atoms with Gasteiger partial charge in [-0.1, -0.05) is 55.5 Å². The summed E-state index contributed by atoms with van der Waals surface area (Å²) in [5.41, 5.74) is 7.87. The van der Waals surface area contributed by atoms with E-state index < -0.39 is 15.4 Å². The Bertz CT molecular complexity index is 755. The molecule has 2 aromatic rings. The standard InChI is InChI=1S/C17H19NO2S/c1-2-17(18,13-8-4-3-5-9-13)15-12-21(19,20)16-11-7-6-10-14(15)16/h3-11,15H,2,12,18H2,1H3. The van der Waals surface area contributed by atoms with Crippen LogP contribution < -0.4 is 5.73 Å². The number of hydrogen-bond acceptors (Lipinski definition) is 3. The second-order valence-electron chi connectivity index (χ2n) is 5.63. The van der Waals surface area contributed by atoms with Crippen LogP contribution in [-0.2, 0) is 15.4 Å². The molecule has 1 aliphatic rings. The normalized spacial score (nSPS) is 22.5. The molecule has 0 saturated carbocycles. The van der Waals surface area contributed by atoms with Gasteiger partial charge in [-0.15, -0.1) is 0 Å². The van der Waals surface area contributed by atoms with Crippen LogP contribution in [0.4, 0.5) is 0 Å². The van der Waals surface area contributed by atoms with Crippen LogP contribution in [-0.4, -0.2) is 14.2 Å². The minimum absolute atomic E-state index is 0.0889. The van der Waals surface area contributed by atoms with Gasteiger partial charge in [-0.05, 0) is 23.6 Å². The Morgan fingerprint density at radius 1 is 1.10 bits per heavy atom. The zero-order valence-corrected chi connectivity index (χ0v) is 12.8. The molecule has 3 nitrogen and oxygen atoms in total.